The molecule has 2 aliphatic heterocycles. The van der Waals surface area contributed by atoms with Crippen LogP contribution in [0.3, 0.4) is 0 Å². The van der Waals surface area contributed by atoms with Gasteiger partial charge in [-0.2, -0.15) is 13.2 Å². The number of carbonyl (C=O) groups is 2. The highest BCUT2D eigenvalue weighted by atomic mass is 32.2. The molecular weight excluding hydrogens is 659 g/mol. The van der Waals surface area contributed by atoms with Crippen LogP contribution in [0, 0.1) is 0 Å². The van der Waals surface area contributed by atoms with Gasteiger partial charge < -0.3 is 29.4 Å². The van der Waals surface area contributed by atoms with Crippen molar-refractivity contribution in [2.45, 2.75) is 68.3 Å². The number of ether oxygens (including phenoxy) is 2. The molecule has 0 saturated carbocycles. The molecule has 2 N–H and O–H groups in total. The van der Waals surface area contributed by atoms with Crippen LogP contribution in [0.5, 0.6) is 0 Å². The summed E-state index contributed by atoms with van der Waals surface area (Å²) in [5, 5.41) is 21.1. The second-order valence-electron chi connectivity index (χ2n) is 12.1. The van der Waals surface area contributed by atoms with Crippen LogP contribution in [0.2, 0.25) is 0 Å². The van der Waals surface area contributed by atoms with E-state index < -0.39 is 30.3 Å². The summed E-state index contributed by atoms with van der Waals surface area (Å²) in [4.78, 5) is 25.3. The van der Waals surface area contributed by atoms with E-state index in [-0.39, 0.29) is 38.3 Å². The summed E-state index contributed by atoms with van der Waals surface area (Å²) in [6.07, 6.45) is -3.33. The van der Waals surface area contributed by atoms with E-state index in [2.05, 4.69) is 15.5 Å². The van der Waals surface area contributed by atoms with Gasteiger partial charge in [-0.15, -0.1) is 10.2 Å². The second kappa shape index (κ2) is 15.1. The Balaban J connectivity index is 1.16. The summed E-state index contributed by atoms with van der Waals surface area (Å²) >= 11 is 1.56. The molecule has 2 saturated heterocycles. The highest BCUT2D eigenvalue weighted by Gasteiger charge is 2.47. The largest absolute Gasteiger partial charge is 0.471 e. The number of aromatic nitrogens is 3. The zero-order valence-corrected chi connectivity index (χ0v) is 27.5. The number of rotatable bonds is 10. The van der Waals surface area contributed by atoms with E-state index in [1.807, 2.05) is 84.4 Å². The van der Waals surface area contributed by atoms with E-state index in [1.165, 1.54) is 0 Å². The number of carbonyl (C=O) groups excluding carboxylic acids is 2. The van der Waals surface area contributed by atoms with Gasteiger partial charge in [-0.3, -0.25) is 9.59 Å². The number of halogens is 3. The monoisotopic (exact) mass is 695 g/mol. The lowest BCUT2D eigenvalue weighted by Gasteiger charge is -2.36. The maximum Gasteiger partial charge on any atom is 0.471 e. The Hall–Kier alpha value is -4.24. The van der Waals surface area contributed by atoms with Crippen LogP contribution in [0.15, 0.2) is 84.3 Å². The lowest BCUT2D eigenvalue weighted by Crippen LogP contribution is -2.50. The van der Waals surface area contributed by atoms with Gasteiger partial charge in [0.05, 0.1) is 18.8 Å². The Labute approximate surface area is 285 Å². The Morgan fingerprint density at radius 1 is 1.00 bits per heavy atom. The van der Waals surface area contributed by atoms with Crippen molar-refractivity contribution in [1.82, 2.24) is 25.0 Å². The Bertz CT molecular complexity index is 1770. The predicted molar refractivity (Wildman–Crippen MR) is 175 cm³/mol. The van der Waals surface area contributed by atoms with Crippen molar-refractivity contribution in [2.24, 2.45) is 7.05 Å². The van der Waals surface area contributed by atoms with Gasteiger partial charge >= 0.3 is 12.1 Å². The lowest BCUT2D eigenvalue weighted by atomic mass is 9.99. The summed E-state index contributed by atoms with van der Waals surface area (Å²) in [6, 6.07) is 21.8. The summed E-state index contributed by atoms with van der Waals surface area (Å²) in [5.41, 5.74) is 5.11. The van der Waals surface area contributed by atoms with Gasteiger partial charge in [0.15, 0.2) is 11.4 Å². The third-order valence-electron chi connectivity index (χ3n) is 8.63. The fourth-order valence-corrected chi connectivity index (χ4v) is 6.98. The van der Waals surface area contributed by atoms with E-state index in [0.717, 1.165) is 38.5 Å². The molecule has 3 aromatic carbocycles. The number of alkyl halides is 3. The summed E-state index contributed by atoms with van der Waals surface area (Å²) in [7, 11) is 1.89. The average Bonchev–Trinajstić information content (AvgIpc) is 3.78. The van der Waals surface area contributed by atoms with Crippen LogP contribution in [-0.2, 0) is 39.3 Å². The molecule has 14 heteroatoms. The Kier molecular flexibility index (Phi) is 10.7. The maximum atomic E-state index is 13.0. The molecule has 1 aromatic heterocycles. The Morgan fingerprint density at radius 3 is 2.47 bits per heavy atom. The van der Waals surface area contributed by atoms with Crippen molar-refractivity contribution < 1.29 is 37.3 Å². The lowest BCUT2D eigenvalue weighted by molar-refractivity contribution is -0.245. The van der Waals surface area contributed by atoms with Gasteiger partial charge in [0, 0.05) is 37.9 Å². The van der Waals surface area contributed by atoms with E-state index in [4.69, 9.17) is 9.47 Å². The number of hydrogen-bond acceptors (Lipinski definition) is 8. The molecule has 2 amide bonds. The van der Waals surface area contributed by atoms with Crippen LogP contribution in [0.1, 0.15) is 53.9 Å². The topological polar surface area (TPSA) is 119 Å². The quantitative estimate of drug-likeness (QED) is 0.210. The first-order valence-electron chi connectivity index (χ1n) is 15.9. The number of amides is 2. The summed E-state index contributed by atoms with van der Waals surface area (Å²) < 4.78 is 54.0. The molecule has 4 aromatic rings. The predicted octanol–water partition coefficient (Wildman–Crippen LogP) is 5.48. The van der Waals surface area contributed by atoms with Gasteiger partial charge in [-0.1, -0.05) is 72.4 Å². The Morgan fingerprint density at radius 2 is 1.76 bits per heavy atom. The van der Waals surface area contributed by atoms with Gasteiger partial charge in [0.1, 0.15) is 12.4 Å². The number of nitrogens with zero attached hydrogens (tertiary/aromatic N) is 4. The van der Waals surface area contributed by atoms with E-state index in [9.17, 15) is 27.9 Å². The van der Waals surface area contributed by atoms with Crippen molar-refractivity contribution in [2.75, 3.05) is 12.3 Å². The highest BCUT2D eigenvalue weighted by molar-refractivity contribution is 7.99. The van der Waals surface area contributed by atoms with Gasteiger partial charge in [0.25, 0.3) is 0 Å². The fraction of sp³-hybridized carbons (Fsp3) is 0.371. The minimum Gasteiger partial charge on any atom is -0.392 e. The van der Waals surface area contributed by atoms with Crippen LogP contribution in [-0.4, -0.2) is 67.2 Å². The van der Waals surface area contributed by atoms with E-state index in [1.54, 1.807) is 18.1 Å². The van der Waals surface area contributed by atoms with Gasteiger partial charge in [-0.25, -0.2) is 0 Å². The number of aliphatic hydroxyl groups is 1. The number of thioether (sulfide) groups is 1. The minimum absolute atomic E-state index is 0.0447. The molecule has 0 aliphatic carbocycles. The van der Waals surface area contributed by atoms with Crippen molar-refractivity contribution >= 4 is 23.6 Å². The first kappa shape index (κ1) is 34.6. The molecule has 0 spiro atoms. The van der Waals surface area contributed by atoms with Crippen molar-refractivity contribution in [3.63, 3.8) is 0 Å². The molecule has 3 heterocycles. The molecule has 2 aliphatic rings. The minimum atomic E-state index is -5.02. The summed E-state index contributed by atoms with van der Waals surface area (Å²) in [5.74, 6) is -1.96. The van der Waals surface area contributed by atoms with E-state index in [0.29, 0.717) is 23.5 Å². The molecule has 10 nitrogen and oxygen atoms in total. The smallest absolute Gasteiger partial charge is 0.392 e. The van der Waals surface area contributed by atoms with Crippen LogP contribution in [0.25, 0.3) is 11.1 Å². The first-order valence-corrected chi connectivity index (χ1v) is 16.9. The molecule has 2 fully saturated rings. The van der Waals surface area contributed by atoms with E-state index >= 15 is 0 Å². The normalized spacial score (nSPS) is 21.1. The second-order valence-corrected chi connectivity index (χ2v) is 13.1. The molecular formula is C35H36F3N5O5S. The molecule has 258 valence electrons. The molecule has 4 atom stereocenters. The average molecular weight is 696 g/mol. The van der Waals surface area contributed by atoms with Crippen LogP contribution >= 0.6 is 11.8 Å². The maximum absolute atomic E-state index is 13.0. The van der Waals surface area contributed by atoms with Crippen LogP contribution in [0.4, 0.5) is 13.2 Å². The molecule has 0 bridgehead atoms. The highest BCUT2D eigenvalue weighted by Crippen LogP contribution is 2.40. The van der Waals surface area contributed by atoms with Gasteiger partial charge in [0.2, 0.25) is 5.91 Å². The van der Waals surface area contributed by atoms with Crippen molar-refractivity contribution in [3.05, 3.63) is 101 Å². The molecule has 4 unspecified atom stereocenters. The first-order chi connectivity index (χ1) is 23.6. The van der Waals surface area contributed by atoms with Crippen molar-refractivity contribution in [3.8, 4) is 11.1 Å². The number of aryl methyl sites for hydroxylation is 1. The molecule has 49 heavy (non-hydrogen) atoms. The SMILES string of the molecule is Cn1cnnc1SCC1CC(c2ccc(CO)cc2)OC(c2cccc(-c3cccc(CNC(=O)C4CCCN4C(=O)C(F)(F)F)c3)c2)O1. The molecule has 6 rings (SSSR count). The molecule has 0 radical (unpaired) electrons. The number of benzene rings is 3. The van der Waals surface area contributed by atoms with Gasteiger partial charge in [-0.05, 0) is 52.8 Å². The number of likely N-dealkylation sites (tertiary alicyclic amines) is 1. The third kappa shape index (κ3) is 8.32. The number of nitrogens with one attached hydrogen (secondary N) is 1. The zero-order valence-electron chi connectivity index (χ0n) is 26.7. The summed E-state index contributed by atoms with van der Waals surface area (Å²) in [6.45, 7) is -0.0566. The number of hydrogen-bond donors (Lipinski definition) is 2. The fourth-order valence-electron chi connectivity index (χ4n) is 6.07. The third-order valence-corrected chi connectivity index (χ3v) is 9.79. The standard InChI is InChI=1S/C35H36F3N5O5S/c1-42-21-40-41-34(42)49-20-28-17-30(24-12-10-22(19-44)11-13-24)48-32(47-28)27-8-3-7-26(16-27)25-6-2-5-23(15-25)18-39-31(45)29-9-4-14-43(29)33(46)35(36,37)38/h2-3,5-8,10-13,15-16,21,28-30,32,44H,4,9,14,17-20H2,1H3,(H,39,45). The van der Waals surface area contributed by atoms with Crippen LogP contribution < -0.4 is 5.32 Å². The van der Waals surface area contributed by atoms with Crippen molar-refractivity contribution in [1.29, 1.82) is 0 Å². The number of aliphatic hydroxyl groups excluding tert-OH is 1. The zero-order chi connectivity index (χ0) is 34.5.